The first kappa shape index (κ1) is 15.9. The number of aromatic nitrogens is 4. The van der Waals surface area contributed by atoms with Crippen molar-refractivity contribution in [2.24, 2.45) is 0 Å². The van der Waals surface area contributed by atoms with Gasteiger partial charge >= 0.3 is 0 Å². The molecule has 1 N–H and O–H groups in total. The molecule has 0 aliphatic carbocycles. The highest BCUT2D eigenvalue weighted by atomic mass is 35.5. The maximum Gasteiger partial charge on any atom is 0.243 e. The fourth-order valence-electron chi connectivity index (χ4n) is 2.39. The number of nitrogens with zero attached hydrogens (tertiary/aromatic N) is 4. The quantitative estimate of drug-likeness (QED) is 0.570. The summed E-state index contributed by atoms with van der Waals surface area (Å²) in [6.45, 7) is 0.454. The van der Waals surface area contributed by atoms with Gasteiger partial charge in [0.05, 0.1) is 39.2 Å². The van der Waals surface area contributed by atoms with Gasteiger partial charge in [-0.25, -0.2) is 14.4 Å². The van der Waals surface area contributed by atoms with Gasteiger partial charge in [-0.15, -0.1) is 16.4 Å². The van der Waals surface area contributed by atoms with Gasteiger partial charge in [0.2, 0.25) is 5.95 Å². The first-order valence-electron chi connectivity index (χ1n) is 7.43. The number of nitrogens with one attached hydrogen (secondary N) is 1. The third kappa shape index (κ3) is 3.29. The van der Waals surface area contributed by atoms with Crippen LogP contribution in [0.25, 0.3) is 21.5 Å². The summed E-state index contributed by atoms with van der Waals surface area (Å²) in [5.74, 6) is -0.166. The minimum atomic E-state index is -0.454. The van der Waals surface area contributed by atoms with Crippen LogP contribution in [0.15, 0.2) is 48.7 Å². The Morgan fingerprint density at radius 3 is 2.80 bits per heavy atom. The van der Waals surface area contributed by atoms with Gasteiger partial charge in [0.15, 0.2) is 0 Å². The second-order valence-corrected chi connectivity index (χ2v) is 6.71. The van der Waals surface area contributed by atoms with Crippen molar-refractivity contribution in [3.05, 3.63) is 64.5 Å². The SMILES string of the molecule is Fc1cccc(Cl)c1-c1cnnc(NCc2nc3ccccc3s2)n1. The number of halogens is 2. The number of fused-ring (bicyclic) bond motifs is 1. The molecule has 0 aliphatic rings. The molecule has 0 unspecified atom stereocenters. The fourth-order valence-corrected chi connectivity index (χ4v) is 3.56. The zero-order chi connectivity index (χ0) is 17.2. The van der Waals surface area contributed by atoms with Gasteiger partial charge in [0.1, 0.15) is 10.8 Å². The van der Waals surface area contributed by atoms with Gasteiger partial charge in [-0.2, -0.15) is 5.10 Å². The number of thiazole rings is 1. The van der Waals surface area contributed by atoms with Crippen LogP contribution >= 0.6 is 22.9 Å². The number of para-hydroxylation sites is 1. The molecule has 0 bridgehead atoms. The zero-order valence-corrected chi connectivity index (χ0v) is 14.4. The second-order valence-electron chi connectivity index (χ2n) is 5.19. The largest absolute Gasteiger partial charge is 0.346 e. The normalized spacial score (nSPS) is 11.0. The highest BCUT2D eigenvalue weighted by molar-refractivity contribution is 7.18. The van der Waals surface area contributed by atoms with Crippen LogP contribution < -0.4 is 5.32 Å². The Morgan fingerprint density at radius 2 is 1.96 bits per heavy atom. The molecule has 4 rings (SSSR count). The first-order valence-corrected chi connectivity index (χ1v) is 8.62. The Morgan fingerprint density at radius 1 is 1.08 bits per heavy atom. The van der Waals surface area contributed by atoms with Gasteiger partial charge in [0, 0.05) is 0 Å². The van der Waals surface area contributed by atoms with E-state index in [1.807, 2.05) is 24.3 Å². The van der Waals surface area contributed by atoms with E-state index in [0.717, 1.165) is 15.2 Å². The highest BCUT2D eigenvalue weighted by Gasteiger charge is 2.13. The van der Waals surface area contributed by atoms with Crippen molar-refractivity contribution in [2.45, 2.75) is 6.54 Å². The molecule has 4 aromatic rings. The summed E-state index contributed by atoms with van der Waals surface area (Å²) in [6.07, 6.45) is 1.38. The minimum Gasteiger partial charge on any atom is -0.346 e. The Labute approximate surface area is 151 Å². The van der Waals surface area contributed by atoms with E-state index < -0.39 is 5.82 Å². The highest BCUT2D eigenvalue weighted by Crippen LogP contribution is 2.29. The first-order chi connectivity index (χ1) is 12.2. The summed E-state index contributed by atoms with van der Waals surface area (Å²) in [6, 6.07) is 12.4. The van der Waals surface area contributed by atoms with Crippen molar-refractivity contribution in [1.82, 2.24) is 20.2 Å². The molecule has 0 amide bonds. The number of rotatable bonds is 4. The molecule has 0 saturated carbocycles. The van der Waals surface area contributed by atoms with Gasteiger partial charge in [-0.3, -0.25) is 0 Å². The maximum absolute atomic E-state index is 14.0. The van der Waals surface area contributed by atoms with Crippen LogP contribution in [0.5, 0.6) is 0 Å². The van der Waals surface area contributed by atoms with E-state index in [9.17, 15) is 4.39 Å². The number of hydrogen-bond donors (Lipinski definition) is 1. The molecule has 0 fully saturated rings. The topological polar surface area (TPSA) is 63.6 Å². The molecule has 0 atom stereocenters. The number of benzene rings is 2. The monoisotopic (exact) mass is 371 g/mol. The molecule has 2 heterocycles. The number of hydrogen-bond acceptors (Lipinski definition) is 6. The average molecular weight is 372 g/mol. The van der Waals surface area contributed by atoms with Crippen molar-refractivity contribution in [3.8, 4) is 11.3 Å². The van der Waals surface area contributed by atoms with Crippen LogP contribution in [-0.2, 0) is 6.54 Å². The molecule has 25 heavy (non-hydrogen) atoms. The summed E-state index contributed by atoms with van der Waals surface area (Å²) >= 11 is 7.67. The smallest absolute Gasteiger partial charge is 0.243 e. The Balaban J connectivity index is 1.57. The van der Waals surface area contributed by atoms with Crippen molar-refractivity contribution in [3.63, 3.8) is 0 Å². The lowest BCUT2D eigenvalue weighted by Crippen LogP contribution is -2.05. The van der Waals surface area contributed by atoms with E-state index in [4.69, 9.17) is 11.6 Å². The molecule has 0 radical (unpaired) electrons. The molecular formula is C17H11ClFN5S. The lowest BCUT2D eigenvalue weighted by molar-refractivity contribution is 0.630. The predicted octanol–water partition coefficient (Wildman–Crippen LogP) is 4.55. The Bertz CT molecular complexity index is 999. The second kappa shape index (κ2) is 6.70. The van der Waals surface area contributed by atoms with Crippen LogP contribution in [-0.4, -0.2) is 20.2 Å². The maximum atomic E-state index is 14.0. The zero-order valence-electron chi connectivity index (χ0n) is 12.8. The van der Waals surface area contributed by atoms with Crippen LogP contribution in [0.1, 0.15) is 5.01 Å². The molecule has 0 aliphatic heterocycles. The van der Waals surface area contributed by atoms with Gasteiger partial charge in [-0.1, -0.05) is 29.8 Å². The average Bonchev–Trinajstić information content (AvgIpc) is 3.03. The summed E-state index contributed by atoms with van der Waals surface area (Å²) in [7, 11) is 0. The van der Waals surface area contributed by atoms with E-state index >= 15 is 0 Å². The van der Waals surface area contributed by atoms with E-state index in [-0.39, 0.29) is 16.5 Å². The van der Waals surface area contributed by atoms with E-state index in [1.165, 1.54) is 12.3 Å². The van der Waals surface area contributed by atoms with E-state index in [1.54, 1.807) is 23.5 Å². The Kier molecular flexibility index (Phi) is 4.25. The molecule has 0 saturated heterocycles. The molecule has 124 valence electrons. The van der Waals surface area contributed by atoms with Crippen LogP contribution in [0.4, 0.5) is 10.3 Å². The third-order valence-corrected chi connectivity index (χ3v) is 4.86. The van der Waals surface area contributed by atoms with Gasteiger partial charge in [-0.05, 0) is 24.3 Å². The van der Waals surface area contributed by atoms with Crippen molar-refractivity contribution in [2.75, 3.05) is 5.32 Å². The lowest BCUT2D eigenvalue weighted by Gasteiger charge is -2.06. The molecule has 5 nitrogen and oxygen atoms in total. The molecule has 0 spiro atoms. The predicted molar refractivity (Wildman–Crippen MR) is 97.2 cm³/mol. The summed E-state index contributed by atoms with van der Waals surface area (Å²) in [5, 5.41) is 12.1. The molecular weight excluding hydrogens is 361 g/mol. The number of anilines is 1. The minimum absolute atomic E-state index is 0.210. The summed E-state index contributed by atoms with van der Waals surface area (Å²) < 4.78 is 15.2. The Hall–Kier alpha value is -2.64. The van der Waals surface area contributed by atoms with Crippen LogP contribution in [0, 0.1) is 5.82 Å². The van der Waals surface area contributed by atoms with Crippen molar-refractivity contribution < 1.29 is 4.39 Å². The molecule has 2 aromatic carbocycles. The summed E-state index contributed by atoms with van der Waals surface area (Å²) in [5.41, 5.74) is 1.49. The third-order valence-electron chi connectivity index (χ3n) is 3.51. The van der Waals surface area contributed by atoms with Crippen LogP contribution in [0.3, 0.4) is 0 Å². The van der Waals surface area contributed by atoms with E-state index in [2.05, 4.69) is 25.5 Å². The molecule has 8 heteroatoms. The standard InChI is InChI=1S/C17H11ClFN5S/c18-10-4-3-5-11(19)16(10)13-8-21-24-17(23-13)20-9-15-22-12-6-1-2-7-14(12)25-15/h1-8H,9H2,(H,20,23,24). The van der Waals surface area contributed by atoms with Crippen molar-refractivity contribution in [1.29, 1.82) is 0 Å². The summed E-state index contributed by atoms with van der Waals surface area (Å²) in [4.78, 5) is 8.84. The van der Waals surface area contributed by atoms with E-state index in [0.29, 0.717) is 12.2 Å². The molecule has 2 aromatic heterocycles. The van der Waals surface area contributed by atoms with Gasteiger partial charge in [0.25, 0.3) is 0 Å². The fraction of sp³-hybridized carbons (Fsp3) is 0.0588. The lowest BCUT2D eigenvalue weighted by atomic mass is 10.1. The van der Waals surface area contributed by atoms with Crippen LogP contribution in [0.2, 0.25) is 5.02 Å². The van der Waals surface area contributed by atoms with Crippen molar-refractivity contribution >= 4 is 39.1 Å². The van der Waals surface area contributed by atoms with Gasteiger partial charge < -0.3 is 5.32 Å².